The van der Waals surface area contributed by atoms with Gasteiger partial charge in [-0.25, -0.2) is 0 Å². The molecule has 8 heteroatoms. The monoisotopic (exact) mass is 441 g/mol. The van der Waals surface area contributed by atoms with Crippen LogP contribution in [-0.2, 0) is 4.79 Å². The third-order valence-corrected chi connectivity index (χ3v) is 5.30. The minimum Gasteiger partial charge on any atom is -0.339 e. The minimum atomic E-state index is -0.00370. The quantitative estimate of drug-likeness (QED) is 0.649. The lowest BCUT2D eigenvalue weighted by molar-refractivity contribution is -0.117. The number of amides is 1. The Balaban J connectivity index is 1.28. The molecule has 0 unspecified atom stereocenters. The van der Waals surface area contributed by atoms with Gasteiger partial charge in [-0.3, -0.25) is 14.7 Å². The molecule has 2 aromatic heterocycles. The van der Waals surface area contributed by atoms with Crippen LogP contribution in [-0.4, -0.2) is 45.6 Å². The van der Waals surface area contributed by atoms with Gasteiger partial charge in [0, 0.05) is 22.3 Å². The third-order valence-electron chi connectivity index (χ3n) is 4.77. The van der Waals surface area contributed by atoms with E-state index < -0.39 is 0 Å². The predicted octanol–water partition coefficient (Wildman–Crippen LogP) is 3.71. The maximum absolute atomic E-state index is 12.3. The van der Waals surface area contributed by atoms with Crippen LogP contribution in [0.1, 0.15) is 24.7 Å². The molecule has 28 heavy (non-hydrogen) atoms. The Morgan fingerprint density at radius 2 is 1.96 bits per heavy atom. The van der Waals surface area contributed by atoms with Gasteiger partial charge < -0.3 is 9.84 Å². The second-order valence-electron chi connectivity index (χ2n) is 6.78. The number of nitrogens with one attached hydrogen (secondary N) is 1. The van der Waals surface area contributed by atoms with E-state index in [1.165, 1.54) is 0 Å². The van der Waals surface area contributed by atoms with Gasteiger partial charge in [0.05, 0.1) is 6.54 Å². The maximum atomic E-state index is 12.3. The molecule has 144 valence electrons. The molecule has 0 bridgehead atoms. The van der Waals surface area contributed by atoms with E-state index in [0.29, 0.717) is 24.0 Å². The van der Waals surface area contributed by atoms with E-state index in [4.69, 9.17) is 4.52 Å². The number of carbonyl (C=O) groups is 1. The first-order valence-electron chi connectivity index (χ1n) is 9.20. The highest BCUT2D eigenvalue weighted by atomic mass is 79.9. The van der Waals surface area contributed by atoms with Crippen molar-refractivity contribution in [3.8, 4) is 11.5 Å². The van der Waals surface area contributed by atoms with E-state index in [9.17, 15) is 4.79 Å². The molecule has 3 heterocycles. The van der Waals surface area contributed by atoms with Gasteiger partial charge in [0.15, 0.2) is 0 Å². The standard InChI is InChI=1S/C20H20BrN5O2/c21-15-4-6-16(7-5-15)23-18(27)13-26-11-8-14(9-12-26)20-24-19(25-28-20)17-3-1-2-10-22-17/h1-7,10,14H,8-9,11-13H2,(H,23,27). The molecule has 0 atom stereocenters. The first-order valence-corrected chi connectivity index (χ1v) is 9.99. The molecule has 1 aromatic carbocycles. The first-order chi connectivity index (χ1) is 13.7. The van der Waals surface area contributed by atoms with Gasteiger partial charge in [0.1, 0.15) is 5.69 Å². The predicted molar refractivity (Wildman–Crippen MR) is 109 cm³/mol. The molecular formula is C20H20BrN5O2. The average molecular weight is 442 g/mol. The lowest BCUT2D eigenvalue weighted by Crippen LogP contribution is -2.38. The molecule has 1 amide bonds. The summed E-state index contributed by atoms with van der Waals surface area (Å²) in [5, 5.41) is 6.98. The van der Waals surface area contributed by atoms with Crippen molar-refractivity contribution in [2.45, 2.75) is 18.8 Å². The summed E-state index contributed by atoms with van der Waals surface area (Å²) in [5.41, 5.74) is 1.51. The number of rotatable bonds is 5. The van der Waals surface area contributed by atoms with Crippen LogP contribution in [0.4, 0.5) is 5.69 Å². The van der Waals surface area contributed by atoms with E-state index >= 15 is 0 Å². The van der Waals surface area contributed by atoms with Crippen molar-refractivity contribution in [3.05, 3.63) is 59.0 Å². The summed E-state index contributed by atoms with van der Waals surface area (Å²) in [7, 11) is 0. The Labute approximate surface area is 171 Å². The number of aromatic nitrogens is 3. The summed E-state index contributed by atoms with van der Waals surface area (Å²) >= 11 is 3.39. The molecular weight excluding hydrogens is 422 g/mol. The fraction of sp³-hybridized carbons (Fsp3) is 0.300. The van der Waals surface area contributed by atoms with Crippen LogP contribution < -0.4 is 5.32 Å². The highest BCUT2D eigenvalue weighted by molar-refractivity contribution is 9.10. The van der Waals surface area contributed by atoms with Crippen LogP contribution in [0.5, 0.6) is 0 Å². The molecule has 7 nitrogen and oxygen atoms in total. The molecule has 0 radical (unpaired) electrons. The zero-order chi connectivity index (χ0) is 19.3. The zero-order valence-electron chi connectivity index (χ0n) is 15.2. The van der Waals surface area contributed by atoms with Crippen molar-refractivity contribution in [1.82, 2.24) is 20.0 Å². The van der Waals surface area contributed by atoms with E-state index in [2.05, 4.69) is 41.3 Å². The zero-order valence-corrected chi connectivity index (χ0v) is 16.8. The van der Waals surface area contributed by atoms with Gasteiger partial charge in [-0.15, -0.1) is 0 Å². The SMILES string of the molecule is O=C(CN1CCC(c2nc(-c3ccccn3)no2)CC1)Nc1ccc(Br)cc1. The Bertz CT molecular complexity index is 921. The summed E-state index contributed by atoms with van der Waals surface area (Å²) in [6.07, 6.45) is 3.48. The van der Waals surface area contributed by atoms with E-state index in [1.54, 1.807) is 6.20 Å². The molecule has 0 saturated carbocycles. The summed E-state index contributed by atoms with van der Waals surface area (Å²) in [5.74, 6) is 1.39. The second kappa shape index (κ2) is 8.62. The van der Waals surface area contributed by atoms with Gasteiger partial charge >= 0.3 is 0 Å². The van der Waals surface area contributed by atoms with Crippen LogP contribution in [0.15, 0.2) is 57.7 Å². The highest BCUT2D eigenvalue weighted by Gasteiger charge is 2.26. The van der Waals surface area contributed by atoms with Crippen LogP contribution in [0.2, 0.25) is 0 Å². The molecule has 1 N–H and O–H groups in total. The fourth-order valence-corrected chi connectivity index (χ4v) is 3.54. The van der Waals surface area contributed by atoms with Crippen molar-refractivity contribution in [2.75, 3.05) is 25.0 Å². The van der Waals surface area contributed by atoms with Crippen LogP contribution in [0, 0.1) is 0 Å². The van der Waals surface area contributed by atoms with Gasteiger partial charge in [-0.1, -0.05) is 27.2 Å². The van der Waals surface area contributed by atoms with E-state index in [0.717, 1.165) is 36.1 Å². The normalized spacial score (nSPS) is 15.5. The van der Waals surface area contributed by atoms with Gasteiger partial charge in [-0.05, 0) is 62.3 Å². The van der Waals surface area contributed by atoms with Crippen molar-refractivity contribution in [3.63, 3.8) is 0 Å². The maximum Gasteiger partial charge on any atom is 0.238 e. The van der Waals surface area contributed by atoms with Crippen LogP contribution in [0.25, 0.3) is 11.5 Å². The Morgan fingerprint density at radius 3 is 2.68 bits per heavy atom. The number of benzene rings is 1. The lowest BCUT2D eigenvalue weighted by atomic mass is 9.97. The minimum absolute atomic E-state index is 0.00370. The van der Waals surface area contributed by atoms with Crippen molar-refractivity contribution in [2.24, 2.45) is 0 Å². The second-order valence-corrected chi connectivity index (χ2v) is 7.69. The largest absolute Gasteiger partial charge is 0.339 e. The molecule has 1 aliphatic rings. The molecule has 1 saturated heterocycles. The Hall–Kier alpha value is -2.58. The number of hydrogen-bond acceptors (Lipinski definition) is 6. The summed E-state index contributed by atoms with van der Waals surface area (Å²) in [6.45, 7) is 2.02. The molecule has 4 rings (SSSR count). The average Bonchev–Trinajstić information content (AvgIpc) is 3.21. The summed E-state index contributed by atoms with van der Waals surface area (Å²) < 4.78 is 6.45. The summed E-state index contributed by atoms with van der Waals surface area (Å²) in [4.78, 5) is 23.2. The summed E-state index contributed by atoms with van der Waals surface area (Å²) in [6, 6.07) is 13.2. The highest BCUT2D eigenvalue weighted by Crippen LogP contribution is 2.28. The van der Waals surface area contributed by atoms with E-state index in [-0.39, 0.29) is 11.8 Å². The number of carbonyl (C=O) groups excluding carboxylic acids is 1. The first kappa shape index (κ1) is 18.8. The van der Waals surface area contributed by atoms with Crippen molar-refractivity contribution in [1.29, 1.82) is 0 Å². The van der Waals surface area contributed by atoms with Gasteiger partial charge in [0.25, 0.3) is 0 Å². The number of pyridine rings is 1. The van der Waals surface area contributed by atoms with Crippen LogP contribution in [0.3, 0.4) is 0 Å². The van der Waals surface area contributed by atoms with Crippen LogP contribution >= 0.6 is 15.9 Å². The van der Waals surface area contributed by atoms with Gasteiger partial charge in [0.2, 0.25) is 17.6 Å². The molecule has 3 aromatic rings. The Kier molecular flexibility index (Phi) is 5.78. The number of piperidine rings is 1. The van der Waals surface area contributed by atoms with E-state index in [1.807, 2.05) is 42.5 Å². The van der Waals surface area contributed by atoms with Crippen molar-refractivity contribution < 1.29 is 9.32 Å². The molecule has 1 aliphatic heterocycles. The third kappa shape index (κ3) is 4.63. The number of nitrogens with zero attached hydrogens (tertiary/aromatic N) is 4. The molecule has 0 aliphatic carbocycles. The topological polar surface area (TPSA) is 84.2 Å². The lowest BCUT2D eigenvalue weighted by Gasteiger charge is -2.29. The Morgan fingerprint density at radius 1 is 1.18 bits per heavy atom. The molecule has 1 fully saturated rings. The number of hydrogen-bond donors (Lipinski definition) is 1. The number of halogens is 1. The fourth-order valence-electron chi connectivity index (χ4n) is 3.27. The van der Waals surface area contributed by atoms with Crippen molar-refractivity contribution >= 4 is 27.5 Å². The smallest absolute Gasteiger partial charge is 0.238 e. The number of anilines is 1. The van der Waals surface area contributed by atoms with Gasteiger partial charge in [-0.2, -0.15) is 4.98 Å². The molecule has 0 spiro atoms. The number of likely N-dealkylation sites (tertiary alicyclic amines) is 1.